The minimum Gasteiger partial charge on any atom is -0.300 e. The maximum Gasteiger partial charge on any atom is 0.0244 e. The highest BCUT2D eigenvalue weighted by atomic mass is 32.1. The average molecular weight is 197 g/mol. The highest BCUT2D eigenvalue weighted by Gasteiger charge is 2.08. The first-order valence-electron chi connectivity index (χ1n) is 4.77. The number of nitrogens with zero attached hydrogens (tertiary/aromatic N) is 1. The SMILES string of the molecule is Cc1cc(CN(C)C(C)C)c(C)s1. The Morgan fingerprint density at radius 3 is 2.38 bits per heavy atom. The summed E-state index contributed by atoms with van der Waals surface area (Å²) in [6.07, 6.45) is 0. The van der Waals surface area contributed by atoms with E-state index in [-0.39, 0.29) is 0 Å². The molecule has 0 radical (unpaired) electrons. The molecule has 0 aliphatic carbocycles. The minimum absolute atomic E-state index is 0.625. The Morgan fingerprint density at radius 1 is 1.38 bits per heavy atom. The summed E-state index contributed by atoms with van der Waals surface area (Å²) in [5.41, 5.74) is 1.48. The molecular weight excluding hydrogens is 178 g/mol. The molecule has 1 rings (SSSR count). The first-order chi connectivity index (χ1) is 6.00. The largest absolute Gasteiger partial charge is 0.300 e. The lowest BCUT2D eigenvalue weighted by atomic mass is 10.2. The molecule has 0 N–H and O–H groups in total. The Morgan fingerprint density at radius 2 is 2.00 bits per heavy atom. The van der Waals surface area contributed by atoms with Crippen LogP contribution in [0.25, 0.3) is 0 Å². The molecule has 0 saturated heterocycles. The molecule has 0 saturated carbocycles. The first kappa shape index (κ1) is 10.7. The molecule has 2 heteroatoms. The lowest BCUT2D eigenvalue weighted by molar-refractivity contribution is 0.265. The zero-order valence-corrected chi connectivity index (χ0v) is 10.0. The van der Waals surface area contributed by atoms with Gasteiger partial charge in [0, 0.05) is 22.3 Å². The van der Waals surface area contributed by atoms with Gasteiger partial charge in [-0.2, -0.15) is 0 Å². The van der Waals surface area contributed by atoms with Crippen molar-refractivity contribution >= 4 is 11.3 Å². The molecule has 0 fully saturated rings. The predicted octanol–water partition coefficient (Wildman–Crippen LogP) is 3.21. The Kier molecular flexibility index (Phi) is 3.51. The van der Waals surface area contributed by atoms with Crippen molar-refractivity contribution < 1.29 is 0 Å². The second kappa shape index (κ2) is 4.25. The van der Waals surface area contributed by atoms with Crippen LogP contribution in [-0.4, -0.2) is 18.0 Å². The van der Waals surface area contributed by atoms with Crippen LogP contribution >= 0.6 is 11.3 Å². The van der Waals surface area contributed by atoms with Crippen LogP contribution in [0.1, 0.15) is 29.2 Å². The second-order valence-electron chi connectivity index (χ2n) is 3.95. The number of hydrogen-bond donors (Lipinski definition) is 0. The molecule has 0 amide bonds. The van der Waals surface area contributed by atoms with Crippen molar-refractivity contribution in [3.8, 4) is 0 Å². The van der Waals surface area contributed by atoms with Crippen LogP contribution in [0.5, 0.6) is 0 Å². The van der Waals surface area contributed by atoms with Gasteiger partial charge in [-0.3, -0.25) is 4.90 Å². The van der Waals surface area contributed by atoms with Crippen molar-refractivity contribution in [3.63, 3.8) is 0 Å². The summed E-state index contributed by atoms with van der Waals surface area (Å²) in [5, 5.41) is 0. The molecule has 0 aliphatic heterocycles. The summed E-state index contributed by atoms with van der Waals surface area (Å²) >= 11 is 1.90. The van der Waals surface area contributed by atoms with E-state index < -0.39 is 0 Å². The summed E-state index contributed by atoms with van der Waals surface area (Å²) in [6, 6.07) is 2.93. The first-order valence-corrected chi connectivity index (χ1v) is 5.58. The molecular formula is C11H19NS. The van der Waals surface area contributed by atoms with Gasteiger partial charge in [0.1, 0.15) is 0 Å². The maximum atomic E-state index is 2.37. The summed E-state index contributed by atoms with van der Waals surface area (Å²) in [6.45, 7) is 9.93. The van der Waals surface area contributed by atoms with E-state index >= 15 is 0 Å². The van der Waals surface area contributed by atoms with E-state index in [2.05, 4.69) is 45.7 Å². The summed E-state index contributed by atoms with van der Waals surface area (Å²) in [4.78, 5) is 5.25. The third-order valence-electron chi connectivity index (χ3n) is 2.45. The van der Waals surface area contributed by atoms with Crippen LogP contribution in [0.2, 0.25) is 0 Å². The molecule has 1 nitrogen and oxygen atoms in total. The van der Waals surface area contributed by atoms with E-state index in [0.29, 0.717) is 6.04 Å². The van der Waals surface area contributed by atoms with Crippen molar-refractivity contribution in [1.82, 2.24) is 4.90 Å². The summed E-state index contributed by atoms with van der Waals surface area (Å²) < 4.78 is 0. The smallest absolute Gasteiger partial charge is 0.0244 e. The molecule has 0 aliphatic rings. The van der Waals surface area contributed by atoms with Gasteiger partial charge in [0.05, 0.1) is 0 Å². The Hall–Kier alpha value is -0.340. The number of hydrogen-bond acceptors (Lipinski definition) is 2. The monoisotopic (exact) mass is 197 g/mol. The third-order valence-corrected chi connectivity index (χ3v) is 3.45. The van der Waals surface area contributed by atoms with Gasteiger partial charge >= 0.3 is 0 Å². The van der Waals surface area contributed by atoms with E-state index in [4.69, 9.17) is 0 Å². The minimum atomic E-state index is 0.625. The molecule has 0 unspecified atom stereocenters. The molecule has 1 heterocycles. The predicted molar refractivity (Wildman–Crippen MR) is 60.4 cm³/mol. The van der Waals surface area contributed by atoms with Gasteiger partial charge in [-0.05, 0) is 46.4 Å². The standard InChI is InChI=1S/C11H19NS/c1-8(2)12(5)7-11-6-9(3)13-10(11)4/h6,8H,7H2,1-5H3. The quantitative estimate of drug-likeness (QED) is 0.719. The Balaban J connectivity index is 2.68. The number of aryl methyl sites for hydroxylation is 2. The second-order valence-corrected chi connectivity index (χ2v) is 5.41. The van der Waals surface area contributed by atoms with Crippen molar-refractivity contribution in [2.45, 2.75) is 40.3 Å². The van der Waals surface area contributed by atoms with Crippen molar-refractivity contribution in [3.05, 3.63) is 21.4 Å². The van der Waals surface area contributed by atoms with E-state index in [1.807, 2.05) is 11.3 Å². The van der Waals surface area contributed by atoms with E-state index in [1.54, 1.807) is 0 Å². The van der Waals surface area contributed by atoms with Crippen LogP contribution in [0.3, 0.4) is 0 Å². The van der Waals surface area contributed by atoms with Gasteiger partial charge in [0.15, 0.2) is 0 Å². The normalized spacial score (nSPS) is 11.6. The van der Waals surface area contributed by atoms with Gasteiger partial charge in [0.25, 0.3) is 0 Å². The van der Waals surface area contributed by atoms with Crippen LogP contribution in [0, 0.1) is 13.8 Å². The fourth-order valence-corrected chi connectivity index (χ4v) is 2.23. The zero-order valence-electron chi connectivity index (χ0n) is 9.22. The molecule has 0 spiro atoms. The Bertz CT molecular complexity index is 276. The van der Waals surface area contributed by atoms with Crippen LogP contribution < -0.4 is 0 Å². The van der Waals surface area contributed by atoms with Crippen LogP contribution in [0.15, 0.2) is 6.07 Å². The van der Waals surface area contributed by atoms with Crippen LogP contribution in [0.4, 0.5) is 0 Å². The van der Waals surface area contributed by atoms with E-state index in [0.717, 1.165) is 6.54 Å². The fourth-order valence-electron chi connectivity index (χ4n) is 1.29. The Labute approximate surface area is 85.4 Å². The number of rotatable bonds is 3. The molecule has 1 aromatic heterocycles. The maximum absolute atomic E-state index is 2.37. The average Bonchev–Trinajstić information content (AvgIpc) is 2.30. The van der Waals surface area contributed by atoms with Gasteiger partial charge in [0.2, 0.25) is 0 Å². The topological polar surface area (TPSA) is 3.24 Å². The van der Waals surface area contributed by atoms with E-state index in [9.17, 15) is 0 Å². The highest BCUT2D eigenvalue weighted by molar-refractivity contribution is 7.12. The van der Waals surface area contributed by atoms with Crippen molar-refractivity contribution in [1.29, 1.82) is 0 Å². The highest BCUT2D eigenvalue weighted by Crippen LogP contribution is 2.21. The van der Waals surface area contributed by atoms with E-state index in [1.165, 1.54) is 15.3 Å². The summed E-state index contributed by atoms with van der Waals surface area (Å²) in [7, 11) is 2.18. The molecule has 0 aromatic carbocycles. The van der Waals surface area contributed by atoms with Gasteiger partial charge in [-0.1, -0.05) is 0 Å². The van der Waals surface area contributed by atoms with Crippen LogP contribution in [-0.2, 0) is 6.54 Å². The third kappa shape index (κ3) is 2.82. The van der Waals surface area contributed by atoms with Crippen molar-refractivity contribution in [2.24, 2.45) is 0 Å². The molecule has 13 heavy (non-hydrogen) atoms. The van der Waals surface area contributed by atoms with Gasteiger partial charge in [-0.25, -0.2) is 0 Å². The van der Waals surface area contributed by atoms with Crippen molar-refractivity contribution in [2.75, 3.05) is 7.05 Å². The van der Waals surface area contributed by atoms with Gasteiger partial charge < -0.3 is 0 Å². The molecule has 0 bridgehead atoms. The number of thiophene rings is 1. The lowest BCUT2D eigenvalue weighted by Crippen LogP contribution is -2.25. The molecule has 1 aromatic rings. The molecule has 74 valence electrons. The van der Waals surface area contributed by atoms with Gasteiger partial charge in [-0.15, -0.1) is 11.3 Å². The zero-order chi connectivity index (χ0) is 10.0. The lowest BCUT2D eigenvalue weighted by Gasteiger charge is -2.20. The summed E-state index contributed by atoms with van der Waals surface area (Å²) in [5.74, 6) is 0. The molecule has 0 atom stereocenters. The fraction of sp³-hybridized carbons (Fsp3) is 0.636.